The summed E-state index contributed by atoms with van der Waals surface area (Å²) in [6.07, 6.45) is 5.49. The molecule has 1 aromatic heterocycles. The lowest BCUT2D eigenvalue weighted by Crippen LogP contribution is -2.30. The molecule has 0 atom stereocenters. The number of nitrogens with zero attached hydrogens (tertiary/aromatic N) is 2. The number of aryl methyl sites for hydroxylation is 1. The molecular formula is C16H26N2O3. The Bertz CT molecular complexity index is 535. The first kappa shape index (κ1) is 17.4. The summed E-state index contributed by atoms with van der Waals surface area (Å²) in [6.45, 7) is 6.64. The van der Waals surface area contributed by atoms with Crippen LogP contribution in [0.3, 0.4) is 0 Å². The fourth-order valence-electron chi connectivity index (χ4n) is 2.67. The molecule has 0 aliphatic rings. The second-order valence-electron chi connectivity index (χ2n) is 5.26. The molecule has 0 fully saturated rings. The average Bonchev–Trinajstić information content (AvgIpc) is 2.45. The van der Waals surface area contributed by atoms with Gasteiger partial charge < -0.3 is 5.11 Å². The van der Waals surface area contributed by atoms with E-state index in [0.29, 0.717) is 25.1 Å². The average molecular weight is 294 g/mol. The number of aliphatic carboxylic acids is 1. The summed E-state index contributed by atoms with van der Waals surface area (Å²) in [4.78, 5) is 27.4. The molecule has 0 aliphatic heterocycles. The molecule has 1 N–H and O–H groups in total. The van der Waals surface area contributed by atoms with Gasteiger partial charge in [0, 0.05) is 17.8 Å². The highest BCUT2D eigenvalue weighted by molar-refractivity contribution is 5.71. The lowest BCUT2D eigenvalue weighted by Gasteiger charge is -2.17. The Morgan fingerprint density at radius 3 is 2.38 bits per heavy atom. The molecule has 1 aromatic rings. The van der Waals surface area contributed by atoms with Gasteiger partial charge in [0.05, 0.1) is 12.1 Å². The second-order valence-corrected chi connectivity index (χ2v) is 5.26. The number of carbonyl (C=O) groups is 1. The predicted molar refractivity (Wildman–Crippen MR) is 82.7 cm³/mol. The fourth-order valence-corrected chi connectivity index (χ4v) is 2.67. The summed E-state index contributed by atoms with van der Waals surface area (Å²) < 4.78 is 1.67. The van der Waals surface area contributed by atoms with Crippen molar-refractivity contribution in [2.75, 3.05) is 0 Å². The monoisotopic (exact) mass is 294 g/mol. The third kappa shape index (κ3) is 4.69. The molecular weight excluding hydrogens is 268 g/mol. The Hall–Kier alpha value is -1.65. The van der Waals surface area contributed by atoms with E-state index >= 15 is 0 Å². The molecule has 0 spiro atoms. The predicted octanol–water partition coefficient (Wildman–Crippen LogP) is 2.58. The zero-order valence-electron chi connectivity index (χ0n) is 13.3. The third-order valence-corrected chi connectivity index (χ3v) is 3.72. The van der Waals surface area contributed by atoms with Crippen LogP contribution in [0.25, 0.3) is 0 Å². The van der Waals surface area contributed by atoms with Gasteiger partial charge in [0.2, 0.25) is 0 Å². The normalized spacial score (nSPS) is 10.8. The smallest absolute Gasteiger partial charge is 0.347 e. The number of rotatable bonds is 9. The minimum atomic E-state index is -0.877. The van der Waals surface area contributed by atoms with Gasteiger partial charge in [-0.3, -0.25) is 9.36 Å². The van der Waals surface area contributed by atoms with Crippen LogP contribution in [-0.2, 0) is 30.6 Å². The van der Waals surface area contributed by atoms with Crippen molar-refractivity contribution < 1.29 is 9.90 Å². The molecule has 0 saturated heterocycles. The molecule has 0 aromatic carbocycles. The zero-order chi connectivity index (χ0) is 15.8. The highest BCUT2D eigenvalue weighted by atomic mass is 16.4. The quantitative estimate of drug-likeness (QED) is 0.710. The molecule has 21 heavy (non-hydrogen) atoms. The van der Waals surface area contributed by atoms with E-state index in [9.17, 15) is 9.59 Å². The first-order valence-electron chi connectivity index (χ1n) is 7.88. The van der Waals surface area contributed by atoms with Gasteiger partial charge in [-0.25, -0.2) is 4.79 Å². The maximum atomic E-state index is 12.2. The van der Waals surface area contributed by atoms with Crippen LogP contribution >= 0.6 is 0 Å². The van der Waals surface area contributed by atoms with E-state index in [1.807, 2.05) is 13.8 Å². The van der Waals surface area contributed by atoms with Crippen molar-refractivity contribution in [1.29, 1.82) is 0 Å². The molecule has 118 valence electrons. The van der Waals surface area contributed by atoms with Crippen molar-refractivity contribution in [3.63, 3.8) is 0 Å². The van der Waals surface area contributed by atoms with Crippen molar-refractivity contribution in [2.45, 2.75) is 72.3 Å². The van der Waals surface area contributed by atoms with E-state index in [1.54, 1.807) is 4.57 Å². The summed E-state index contributed by atoms with van der Waals surface area (Å²) in [7, 11) is 0. The number of aromatic nitrogens is 2. The Morgan fingerprint density at radius 2 is 1.86 bits per heavy atom. The SMILES string of the molecule is CCCCCCn1c(CC)c(CC(=O)O)c(CC)nc1=O. The summed E-state index contributed by atoms with van der Waals surface area (Å²) in [5.41, 5.74) is 1.95. The number of hydrogen-bond donors (Lipinski definition) is 1. The van der Waals surface area contributed by atoms with Crippen molar-refractivity contribution in [3.8, 4) is 0 Å². The van der Waals surface area contributed by atoms with Crippen LogP contribution in [0.15, 0.2) is 4.79 Å². The van der Waals surface area contributed by atoms with E-state index < -0.39 is 5.97 Å². The zero-order valence-corrected chi connectivity index (χ0v) is 13.3. The van der Waals surface area contributed by atoms with Gasteiger partial charge in [0.1, 0.15) is 0 Å². The second kappa shape index (κ2) is 8.60. The van der Waals surface area contributed by atoms with Crippen molar-refractivity contribution in [3.05, 3.63) is 27.4 Å². The van der Waals surface area contributed by atoms with E-state index in [1.165, 1.54) is 0 Å². The van der Waals surface area contributed by atoms with Crippen LogP contribution in [0.2, 0.25) is 0 Å². The van der Waals surface area contributed by atoms with Gasteiger partial charge in [-0.1, -0.05) is 40.0 Å². The molecule has 0 radical (unpaired) electrons. The van der Waals surface area contributed by atoms with Crippen LogP contribution in [0.5, 0.6) is 0 Å². The standard InChI is InChI=1S/C16H26N2O3/c1-4-7-8-9-10-18-14(6-3)12(11-15(19)20)13(5-2)17-16(18)21/h4-11H2,1-3H3,(H,19,20). The van der Waals surface area contributed by atoms with Crippen LogP contribution in [0.1, 0.15) is 63.4 Å². The van der Waals surface area contributed by atoms with Crippen molar-refractivity contribution in [1.82, 2.24) is 9.55 Å². The molecule has 0 saturated carbocycles. The van der Waals surface area contributed by atoms with E-state index in [-0.39, 0.29) is 12.1 Å². The largest absolute Gasteiger partial charge is 0.481 e. The van der Waals surface area contributed by atoms with Gasteiger partial charge in [0.25, 0.3) is 0 Å². The Labute approximate surface area is 126 Å². The van der Waals surface area contributed by atoms with E-state index in [4.69, 9.17) is 5.11 Å². The van der Waals surface area contributed by atoms with Crippen LogP contribution in [0, 0.1) is 0 Å². The molecule has 1 rings (SSSR count). The summed E-state index contributed by atoms with van der Waals surface area (Å²) in [5, 5.41) is 9.10. The summed E-state index contributed by atoms with van der Waals surface area (Å²) in [6, 6.07) is 0. The van der Waals surface area contributed by atoms with Gasteiger partial charge in [-0.05, 0) is 19.3 Å². The summed E-state index contributed by atoms with van der Waals surface area (Å²) >= 11 is 0. The molecule has 1 heterocycles. The molecule has 0 unspecified atom stereocenters. The Morgan fingerprint density at radius 1 is 1.14 bits per heavy atom. The van der Waals surface area contributed by atoms with Crippen molar-refractivity contribution >= 4 is 5.97 Å². The Kier molecular flexibility index (Phi) is 7.12. The molecule has 0 amide bonds. The van der Waals surface area contributed by atoms with Gasteiger partial charge in [-0.15, -0.1) is 0 Å². The number of unbranched alkanes of at least 4 members (excludes halogenated alkanes) is 3. The van der Waals surface area contributed by atoms with Crippen LogP contribution in [-0.4, -0.2) is 20.6 Å². The van der Waals surface area contributed by atoms with E-state index in [0.717, 1.165) is 36.9 Å². The lowest BCUT2D eigenvalue weighted by atomic mass is 10.0. The molecule has 0 aliphatic carbocycles. The lowest BCUT2D eigenvalue weighted by molar-refractivity contribution is -0.136. The maximum Gasteiger partial charge on any atom is 0.347 e. The first-order valence-corrected chi connectivity index (χ1v) is 7.88. The summed E-state index contributed by atoms with van der Waals surface area (Å²) in [5.74, 6) is -0.877. The highest BCUT2D eigenvalue weighted by Gasteiger charge is 2.17. The van der Waals surface area contributed by atoms with Gasteiger partial charge >= 0.3 is 11.7 Å². The van der Waals surface area contributed by atoms with Gasteiger partial charge in [-0.2, -0.15) is 4.98 Å². The minimum absolute atomic E-state index is 0.0609. The van der Waals surface area contributed by atoms with Crippen molar-refractivity contribution in [2.24, 2.45) is 0 Å². The number of carboxylic acid groups (broad SMARTS) is 1. The van der Waals surface area contributed by atoms with E-state index in [2.05, 4.69) is 11.9 Å². The minimum Gasteiger partial charge on any atom is -0.481 e. The third-order valence-electron chi connectivity index (χ3n) is 3.72. The van der Waals surface area contributed by atoms with Crippen LogP contribution < -0.4 is 5.69 Å². The fraction of sp³-hybridized carbons (Fsp3) is 0.688. The molecule has 5 heteroatoms. The molecule has 0 bridgehead atoms. The highest BCUT2D eigenvalue weighted by Crippen LogP contribution is 2.15. The Balaban J connectivity index is 3.16. The first-order chi connectivity index (χ1) is 10.0. The number of hydrogen-bond acceptors (Lipinski definition) is 3. The maximum absolute atomic E-state index is 12.2. The number of carboxylic acids is 1. The van der Waals surface area contributed by atoms with Crippen LogP contribution in [0.4, 0.5) is 0 Å². The van der Waals surface area contributed by atoms with Gasteiger partial charge in [0.15, 0.2) is 0 Å². The topological polar surface area (TPSA) is 72.2 Å². The molecule has 5 nitrogen and oxygen atoms in total.